The van der Waals surface area contributed by atoms with Crippen molar-refractivity contribution in [2.45, 2.75) is 0 Å². The van der Waals surface area contributed by atoms with Crippen LogP contribution in [-0.2, 0) is 0 Å². The number of rotatable bonds is 4. The molecule has 0 aromatic carbocycles. The molecule has 0 radical (unpaired) electrons. The van der Waals surface area contributed by atoms with Crippen molar-refractivity contribution >= 4 is 23.4 Å². The van der Waals surface area contributed by atoms with Gasteiger partial charge in [0.05, 0.1) is 0 Å². The van der Waals surface area contributed by atoms with E-state index in [4.69, 9.17) is 12.2 Å². The number of H-pyrrole nitrogens is 1. The highest BCUT2D eigenvalue weighted by Crippen LogP contribution is 1.97. The Hall–Kier alpha value is -1.55. The van der Waals surface area contributed by atoms with Crippen LogP contribution >= 0.6 is 12.2 Å². The number of aromatic nitrogens is 1. The van der Waals surface area contributed by atoms with E-state index in [-0.39, 0.29) is 0 Å². The van der Waals surface area contributed by atoms with Crippen LogP contribution < -0.4 is 10.6 Å². The summed E-state index contributed by atoms with van der Waals surface area (Å²) in [6, 6.07) is 1.97. The molecule has 74 valence electrons. The van der Waals surface area contributed by atoms with Gasteiger partial charge in [0.2, 0.25) is 0 Å². The number of hydrogen-bond acceptors (Lipinski definition) is 1. The van der Waals surface area contributed by atoms with Gasteiger partial charge in [-0.2, -0.15) is 0 Å². The average molecular weight is 207 g/mol. The Morgan fingerprint density at radius 1 is 1.64 bits per heavy atom. The molecule has 1 aromatic rings. The third-order valence-electron chi connectivity index (χ3n) is 1.52. The third kappa shape index (κ3) is 3.91. The first-order valence-corrected chi connectivity index (χ1v) is 4.68. The second-order valence-electron chi connectivity index (χ2n) is 2.62. The zero-order valence-corrected chi connectivity index (χ0v) is 8.60. The highest BCUT2D eigenvalue weighted by atomic mass is 32.1. The molecule has 0 spiro atoms. The van der Waals surface area contributed by atoms with Crippen LogP contribution in [0.4, 0.5) is 0 Å². The summed E-state index contributed by atoms with van der Waals surface area (Å²) in [5, 5.41) is 6.48. The van der Waals surface area contributed by atoms with E-state index in [0.29, 0.717) is 11.7 Å². The molecule has 0 saturated carbocycles. The number of nitrogens with one attached hydrogen (secondary N) is 3. The van der Waals surface area contributed by atoms with Crippen molar-refractivity contribution in [3.63, 3.8) is 0 Å². The summed E-state index contributed by atoms with van der Waals surface area (Å²) in [6.45, 7) is 4.25. The molecule has 1 heterocycles. The molecule has 0 fully saturated rings. The van der Waals surface area contributed by atoms with Crippen LogP contribution in [0.2, 0.25) is 0 Å². The molecule has 0 aliphatic carbocycles. The van der Waals surface area contributed by atoms with Crippen molar-refractivity contribution in [1.82, 2.24) is 15.6 Å². The Morgan fingerprint density at radius 2 is 2.50 bits per heavy atom. The molecular formula is C10H13N3S. The zero-order chi connectivity index (χ0) is 10.2. The Kier molecular flexibility index (Phi) is 4.50. The lowest BCUT2D eigenvalue weighted by Crippen LogP contribution is -2.31. The maximum Gasteiger partial charge on any atom is 0.170 e. The minimum absolute atomic E-state index is 0.594. The van der Waals surface area contributed by atoms with Gasteiger partial charge in [0.1, 0.15) is 0 Å². The SMILES string of the molecule is C=CCNC(=S)N/C=C/c1cc[nH]c1. The monoisotopic (exact) mass is 207 g/mol. The predicted octanol–water partition coefficient (Wildman–Crippen LogP) is 1.64. The fourth-order valence-corrected chi connectivity index (χ4v) is 1.02. The lowest BCUT2D eigenvalue weighted by Gasteiger charge is -2.03. The van der Waals surface area contributed by atoms with Crippen molar-refractivity contribution in [3.05, 3.63) is 42.9 Å². The van der Waals surface area contributed by atoms with Crippen molar-refractivity contribution in [2.24, 2.45) is 0 Å². The van der Waals surface area contributed by atoms with Gasteiger partial charge >= 0.3 is 0 Å². The molecule has 0 amide bonds. The van der Waals surface area contributed by atoms with E-state index in [0.717, 1.165) is 5.56 Å². The largest absolute Gasteiger partial charge is 0.367 e. The van der Waals surface area contributed by atoms with Gasteiger partial charge in [0.15, 0.2) is 5.11 Å². The van der Waals surface area contributed by atoms with Gasteiger partial charge in [-0.3, -0.25) is 0 Å². The molecular weight excluding hydrogens is 194 g/mol. The summed E-state index contributed by atoms with van der Waals surface area (Å²) in [7, 11) is 0. The van der Waals surface area contributed by atoms with Crippen LogP contribution in [0.5, 0.6) is 0 Å². The second-order valence-corrected chi connectivity index (χ2v) is 3.03. The maximum atomic E-state index is 4.99. The molecule has 0 bridgehead atoms. The molecule has 1 aromatic heterocycles. The Morgan fingerprint density at radius 3 is 3.14 bits per heavy atom. The van der Waals surface area contributed by atoms with E-state index in [1.807, 2.05) is 24.5 Å². The van der Waals surface area contributed by atoms with Gasteiger partial charge < -0.3 is 15.6 Å². The molecule has 0 aliphatic heterocycles. The average Bonchev–Trinajstić information content (AvgIpc) is 2.67. The van der Waals surface area contributed by atoms with Crippen LogP contribution in [0.25, 0.3) is 6.08 Å². The topological polar surface area (TPSA) is 39.8 Å². The van der Waals surface area contributed by atoms with Crippen molar-refractivity contribution < 1.29 is 0 Å². The Bertz CT molecular complexity index is 314. The number of hydrogen-bond donors (Lipinski definition) is 3. The molecule has 0 unspecified atom stereocenters. The van der Waals surface area contributed by atoms with E-state index in [9.17, 15) is 0 Å². The molecule has 3 N–H and O–H groups in total. The van der Waals surface area contributed by atoms with Gasteiger partial charge in [-0.25, -0.2) is 0 Å². The second kappa shape index (κ2) is 5.99. The highest BCUT2D eigenvalue weighted by molar-refractivity contribution is 7.80. The molecule has 0 atom stereocenters. The smallest absolute Gasteiger partial charge is 0.170 e. The first kappa shape index (κ1) is 10.5. The molecule has 14 heavy (non-hydrogen) atoms. The zero-order valence-electron chi connectivity index (χ0n) is 7.79. The van der Waals surface area contributed by atoms with E-state index in [1.165, 1.54) is 0 Å². The van der Waals surface area contributed by atoms with E-state index in [1.54, 1.807) is 12.3 Å². The third-order valence-corrected chi connectivity index (χ3v) is 1.78. The Balaban J connectivity index is 2.26. The summed E-state index contributed by atoms with van der Waals surface area (Å²) >= 11 is 4.99. The molecule has 1 rings (SSSR count). The highest BCUT2D eigenvalue weighted by Gasteiger charge is 1.87. The summed E-state index contributed by atoms with van der Waals surface area (Å²) in [4.78, 5) is 2.96. The fraction of sp³-hybridized carbons (Fsp3) is 0.100. The van der Waals surface area contributed by atoms with Crippen molar-refractivity contribution in [1.29, 1.82) is 0 Å². The fourth-order valence-electron chi connectivity index (χ4n) is 0.870. The molecule has 0 saturated heterocycles. The number of thiocarbonyl (C=S) groups is 1. The quantitative estimate of drug-likeness (QED) is 0.519. The summed E-state index contributed by atoms with van der Waals surface area (Å²) < 4.78 is 0. The van der Waals surface area contributed by atoms with Gasteiger partial charge in [-0.05, 0) is 29.9 Å². The molecule has 3 nitrogen and oxygen atoms in total. The van der Waals surface area contributed by atoms with Gasteiger partial charge in [-0.1, -0.05) is 6.08 Å². The maximum absolute atomic E-state index is 4.99. The van der Waals surface area contributed by atoms with E-state index >= 15 is 0 Å². The van der Waals surface area contributed by atoms with E-state index < -0.39 is 0 Å². The minimum Gasteiger partial charge on any atom is -0.367 e. The lowest BCUT2D eigenvalue weighted by molar-refractivity contribution is 1.01. The standard InChI is InChI=1S/C10H13N3S/c1-2-5-12-10(14)13-7-4-9-3-6-11-8-9/h2-4,6-8,11H,1,5H2,(H2,12,13,14)/b7-4+. The minimum atomic E-state index is 0.594. The van der Waals surface area contributed by atoms with Crippen molar-refractivity contribution in [3.8, 4) is 0 Å². The van der Waals surface area contributed by atoms with E-state index in [2.05, 4.69) is 22.2 Å². The first-order chi connectivity index (χ1) is 6.83. The van der Waals surface area contributed by atoms with Crippen molar-refractivity contribution in [2.75, 3.05) is 6.54 Å². The van der Waals surface area contributed by atoms with Gasteiger partial charge in [-0.15, -0.1) is 6.58 Å². The van der Waals surface area contributed by atoms with Crippen LogP contribution in [-0.4, -0.2) is 16.6 Å². The lowest BCUT2D eigenvalue weighted by atomic mass is 10.3. The molecule has 4 heteroatoms. The van der Waals surface area contributed by atoms with Crippen LogP contribution in [0, 0.1) is 0 Å². The normalized spacial score (nSPS) is 10.0. The Labute approximate surface area is 88.9 Å². The van der Waals surface area contributed by atoms with Crippen LogP contribution in [0.15, 0.2) is 37.3 Å². The van der Waals surface area contributed by atoms with Crippen LogP contribution in [0.3, 0.4) is 0 Å². The summed E-state index contributed by atoms with van der Waals surface area (Å²) in [5.74, 6) is 0. The summed E-state index contributed by atoms with van der Waals surface area (Å²) in [5.41, 5.74) is 1.10. The predicted molar refractivity (Wildman–Crippen MR) is 63.8 cm³/mol. The first-order valence-electron chi connectivity index (χ1n) is 4.27. The van der Waals surface area contributed by atoms with Crippen LogP contribution in [0.1, 0.15) is 5.56 Å². The van der Waals surface area contributed by atoms with Gasteiger partial charge in [0.25, 0.3) is 0 Å². The number of aromatic amines is 1. The van der Waals surface area contributed by atoms with Gasteiger partial charge in [0, 0.05) is 25.1 Å². The summed E-state index contributed by atoms with van der Waals surface area (Å²) in [6.07, 6.45) is 9.25. The molecule has 0 aliphatic rings.